The Hall–Kier alpha value is -1.38. The number of benzene rings is 1. The molecule has 0 N–H and O–H groups in total. The van der Waals surface area contributed by atoms with Gasteiger partial charge in [-0.2, -0.15) is 0 Å². The highest BCUT2D eigenvalue weighted by Gasteiger charge is 2.11. The Morgan fingerprint density at radius 1 is 1.58 bits per heavy atom. The molecule has 0 aliphatic heterocycles. The maximum atomic E-state index is 13.0. The number of carbonyl (C=O) groups is 1. The van der Waals surface area contributed by atoms with Crippen molar-refractivity contribution in [2.75, 3.05) is 5.12 Å². The Kier molecular flexibility index (Phi) is 2.80. The molecule has 2 nitrogen and oxygen atoms in total. The van der Waals surface area contributed by atoms with Crippen LogP contribution in [0.1, 0.15) is 13.3 Å². The maximum absolute atomic E-state index is 13.0. The number of halogens is 1. The Morgan fingerprint density at radius 3 is 2.67 bits per heavy atom. The van der Waals surface area contributed by atoms with E-state index >= 15 is 0 Å². The molecule has 0 unspecified atom stereocenters. The lowest BCUT2D eigenvalue weighted by molar-refractivity contribution is -0.121. The van der Waals surface area contributed by atoms with E-state index in [1.165, 1.54) is 12.1 Å². The molecule has 1 radical (unpaired) electrons. The Labute approximate surface area is 70.5 Å². The highest BCUT2D eigenvalue weighted by atomic mass is 19.2. The van der Waals surface area contributed by atoms with Gasteiger partial charge in [0.05, 0.1) is 5.69 Å². The summed E-state index contributed by atoms with van der Waals surface area (Å²) >= 11 is 0. The van der Waals surface area contributed by atoms with Crippen molar-refractivity contribution in [1.29, 1.82) is 0 Å². The van der Waals surface area contributed by atoms with E-state index in [1.807, 2.05) is 0 Å². The van der Waals surface area contributed by atoms with Crippen LogP contribution in [0.25, 0.3) is 0 Å². The molecule has 0 bridgehead atoms. The minimum Gasteiger partial charge on any atom is -0.272 e. The van der Waals surface area contributed by atoms with Gasteiger partial charge in [0.2, 0.25) is 0 Å². The first kappa shape index (κ1) is 8.71. The number of hydrogen-bond donors (Lipinski definition) is 0. The molecule has 0 spiro atoms. The van der Waals surface area contributed by atoms with E-state index in [-0.39, 0.29) is 17.2 Å². The second kappa shape index (κ2) is 3.85. The van der Waals surface area contributed by atoms with Gasteiger partial charge in [-0.1, -0.05) is 23.5 Å². The van der Waals surface area contributed by atoms with Crippen LogP contribution in [-0.4, -0.2) is 5.91 Å². The van der Waals surface area contributed by atoms with Gasteiger partial charge in [0.15, 0.2) is 0 Å². The first-order chi connectivity index (χ1) is 5.75. The molecular formula is C9H9FNO. The summed E-state index contributed by atoms with van der Waals surface area (Å²) in [5, 5.41) is 0.147. The van der Waals surface area contributed by atoms with Crippen molar-refractivity contribution in [3.63, 3.8) is 0 Å². The topological polar surface area (TPSA) is 20.3 Å². The van der Waals surface area contributed by atoms with Crippen molar-refractivity contribution in [2.45, 2.75) is 13.3 Å². The van der Waals surface area contributed by atoms with Gasteiger partial charge in [0.25, 0.3) is 5.91 Å². The Bertz CT molecular complexity index is 260. The van der Waals surface area contributed by atoms with E-state index in [0.29, 0.717) is 0 Å². The van der Waals surface area contributed by atoms with Crippen molar-refractivity contribution < 1.29 is 9.28 Å². The van der Waals surface area contributed by atoms with E-state index in [2.05, 4.69) is 6.07 Å². The standard InChI is InChI=1S/C9H9FNO/c1-2-9(12)11(10)8-6-4-3-5-7-8/h4-7H,2H2,1H3. The van der Waals surface area contributed by atoms with Crippen LogP contribution in [0.15, 0.2) is 24.3 Å². The van der Waals surface area contributed by atoms with E-state index in [0.717, 1.165) is 0 Å². The highest BCUT2D eigenvalue weighted by Crippen LogP contribution is 2.13. The fourth-order valence-corrected chi connectivity index (χ4v) is 0.792. The molecule has 1 aromatic rings. The average molecular weight is 166 g/mol. The lowest BCUT2D eigenvalue weighted by Gasteiger charge is -2.09. The molecule has 0 saturated carbocycles. The van der Waals surface area contributed by atoms with Gasteiger partial charge >= 0.3 is 0 Å². The van der Waals surface area contributed by atoms with Crippen LogP contribution < -0.4 is 5.12 Å². The molecular weight excluding hydrogens is 157 g/mol. The van der Waals surface area contributed by atoms with Crippen molar-refractivity contribution in [1.82, 2.24) is 0 Å². The monoisotopic (exact) mass is 166 g/mol. The van der Waals surface area contributed by atoms with Gasteiger partial charge in [-0.15, -0.1) is 5.12 Å². The third kappa shape index (κ3) is 1.81. The molecule has 12 heavy (non-hydrogen) atoms. The van der Waals surface area contributed by atoms with Crippen molar-refractivity contribution in [3.8, 4) is 0 Å². The molecule has 0 aromatic heterocycles. The van der Waals surface area contributed by atoms with Crippen LogP contribution in [0.4, 0.5) is 10.2 Å². The van der Waals surface area contributed by atoms with E-state index < -0.39 is 5.91 Å². The van der Waals surface area contributed by atoms with Crippen molar-refractivity contribution >= 4 is 11.6 Å². The van der Waals surface area contributed by atoms with Gasteiger partial charge in [-0.3, -0.25) is 4.79 Å². The van der Waals surface area contributed by atoms with Gasteiger partial charge in [-0.25, -0.2) is 0 Å². The zero-order valence-corrected chi connectivity index (χ0v) is 6.75. The predicted molar refractivity (Wildman–Crippen MR) is 44.2 cm³/mol. The number of hydrogen-bond acceptors (Lipinski definition) is 1. The third-order valence-corrected chi connectivity index (χ3v) is 1.45. The summed E-state index contributed by atoms with van der Waals surface area (Å²) in [6.07, 6.45) is 0.162. The average Bonchev–Trinajstić information content (AvgIpc) is 2.17. The molecule has 63 valence electrons. The molecule has 1 rings (SSSR count). The highest BCUT2D eigenvalue weighted by molar-refractivity contribution is 5.90. The Balaban J connectivity index is 2.78. The first-order valence-corrected chi connectivity index (χ1v) is 3.70. The second-order valence-electron chi connectivity index (χ2n) is 2.29. The Morgan fingerprint density at radius 2 is 2.17 bits per heavy atom. The van der Waals surface area contributed by atoms with E-state index in [9.17, 15) is 9.28 Å². The molecule has 1 amide bonds. The molecule has 3 heteroatoms. The minimum atomic E-state index is -0.541. The molecule has 0 aliphatic rings. The number of carbonyl (C=O) groups excluding carboxylic acids is 1. The van der Waals surface area contributed by atoms with E-state index in [1.54, 1.807) is 19.1 Å². The molecule has 0 fully saturated rings. The third-order valence-electron chi connectivity index (χ3n) is 1.45. The van der Waals surface area contributed by atoms with Crippen molar-refractivity contribution in [2.24, 2.45) is 0 Å². The SMILES string of the molecule is CCC(=O)N(F)c1cc[c]cc1. The summed E-state index contributed by atoms with van der Waals surface area (Å²) in [4.78, 5) is 10.9. The van der Waals surface area contributed by atoms with Gasteiger partial charge in [0.1, 0.15) is 0 Å². The predicted octanol–water partition coefficient (Wildman–Crippen LogP) is 2.11. The van der Waals surface area contributed by atoms with Crippen molar-refractivity contribution in [3.05, 3.63) is 30.3 Å². The van der Waals surface area contributed by atoms with Crippen LogP contribution in [0.2, 0.25) is 0 Å². The summed E-state index contributed by atoms with van der Waals surface area (Å²) in [6, 6.07) is 8.85. The van der Waals surface area contributed by atoms with E-state index in [4.69, 9.17) is 0 Å². The zero-order valence-electron chi connectivity index (χ0n) is 6.75. The summed E-state index contributed by atoms with van der Waals surface area (Å²) in [5.74, 6) is -0.541. The van der Waals surface area contributed by atoms with Crippen LogP contribution in [0, 0.1) is 6.07 Å². The minimum absolute atomic E-state index is 0.147. The number of anilines is 1. The number of nitrogens with zero attached hydrogens (tertiary/aromatic N) is 1. The summed E-state index contributed by atoms with van der Waals surface area (Å²) in [6.45, 7) is 1.62. The van der Waals surface area contributed by atoms with Gasteiger partial charge in [0, 0.05) is 6.42 Å². The lowest BCUT2D eigenvalue weighted by Crippen LogP contribution is -2.20. The normalized spacial score (nSPS) is 9.50. The smallest absolute Gasteiger partial charge is 0.254 e. The summed E-state index contributed by atoms with van der Waals surface area (Å²) in [7, 11) is 0. The lowest BCUT2D eigenvalue weighted by atomic mass is 10.3. The van der Waals surface area contributed by atoms with Gasteiger partial charge < -0.3 is 0 Å². The fourth-order valence-electron chi connectivity index (χ4n) is 0.792. The molecule has 0 heterocycles. The van der Waals surface area contributed by atoms with Crippen LogP contribution in [0.5, 0.6) is 0 Å². The first-order valence-electron chi connectivity index (χ1n) is 3.70. The second-order valence-corrected chi connectivity index (χ2v) is 2.29. The summed E-state index contributed by atoms with van der Waals surface area (Å²) < 4.78 is 13.0. The van der Waals surface area contributed by atoms with Crippen LogP contribution in [-0.2, 0) is 4.79 Å². The van der Waals surface area contributed by atoms with Crippen LogP contribution in [0.3, 0.4) is 0 Å². The summed E-state index contributed by atoms with van der Waals surface area (Å²) in [5.41, 5.74) is 0.251. The zero-order chi connectivity index (χ0) is 8.97. The van der Waals surface area contributed by atoms with Gasteiger partial charge in [-0.05, 0) is 18.2 Å². The molecule has 1 aromatic carbocycles. The quantitative estimate of drug-likeness (QED) is 0.616. The fraction of sp³-hybridized carbons (Fsp3) is 0.222. The molecule has 0 saturated heterocycles. The van der Waals surface area contributed by atoms with Crippen LogP contribution >= 0.6 is 0 Å². The molecule has 0 aliphatic carbocycles. The molecule has 0 atom stereocenters. The maximum Gasteiger partial charge on any atom is 0.254 e. The number of rotatable bonds is 2. The largest absolute Gasteiger partial charge is 0.272 e. The number of amides is 1.